The zero-order valence-corrected chi connectivity index (χ0v) is 15.3. The second kappa shape index (κ2) is 6.41. The van der Waals surface area contributed by atoms with E-state index in [0.29, 0.717) is 11.8 Å². The van der Waals surface area contributed by atoms with E-state index in [1.54, 1.807) is 28.5 Å². The molecule has 2 aliphatic heterocycles. The van der Waals surface area contributed by atoms with Crippen LogP contribution in [-0.2, 0) is 25.8 Å². The number of thiophene rings is 1. The summed E-state index contributed by atoms with van der Waals surface area (Å²) in [6.07, 6.45) is 5.93. The fourth-order valence-corrected chi connectivity index (χ4v) is 5.39. The number of phenols is 1. The number of ether oxygens (including phenoxy) is 1. The molecule has 24 heavy (non-hydrogen) atoms. The Hall–Kier alpha value is -1.52. The zero-order chi connectivity index (χ0) is 16.7. The van der Waals surface area contributed by atoms with Gasteiger partial charge in [-0.2, -0.15) is 0 Å². The molecule has 0 spiro atoms. The lowest BCUT2D eigenvalue weighted by molar-refractivity contribution is 0.159. The van der Waals surface area contributed by atoms with Crippen LogP contribution in [0.4, 0.5) is 0 Å². The lowest BCUT2D eigenvalue weighted by Crippen LogP contribution is -2.38. The van der Waals surface area contributed by atoms with Crippen molar-refractivity contribution in [2.24, 2.45) is 0 Å². The van der Waals surface area contributed by atoms with Crippen molar-refractivity contribution < 1.29 is 9.84 Å². The fourth-order valence-electron chi connectivity index (χ4n) is 4.14. The molecule has 2 aromatic rings. The molecular weight excluding hydrogens is 318 g/mol. The van der Waals surface area contributed by atoms with Gasteiger partial charge < -0.3 is 9.84 Å². The third-order valence-corrected chi connectivity index (χ3v) is 6.68. The van der Waals surface area contributed by atoms with Crippen LogP contribution in [0.5, 0.6) is 11.5 Å². The smallest absolute Gasteiger partial charge is 0.165 e. The highest BCUT2D eigenvalue weighted by molar-refractivity contribution is 7.12. The minimum absolute atomic E-state index is 0.254. The third-order valence-electron chi connectivity index (χ3n) is 5.41. The average molecular weight is 343 g/mol. The highest BCUT2D eigenvalue weighted by Crippen LogP contribution is 2.45. The summed E-state index contributed by atoms with van der Waals surface area (Å²) in [5.74, 6) is 0.912. The predicted octanol–water partition coefficient (Wildman–Crippen LogP) is 4.46. The predicted molar refractivity (Wildman–Crippen MR) is 98.1 cm³/mol. The van der Waals surface area contributed by atoms with E-state index in [-0.39, 0.29) is 5.75 Å². The zero-order valence-electron chi connectivity index (χ0n) is 14.5. The molecule has 4 heteroatoms. The number of aryl methyl sites for hydroxylation is 1. The second-order valence-electron chi connectivity index (χ2n) is 6.89. The van der Waals surface area contributed by atoms with E-state index in [1.165, 1.54) is 30.4 Å². The van der Waals surface area contributed by atoms with E-state index in [4.69, 9.17) is 4.74 Å². The number of aromatic hydroxyl groups is 1. The van der Waals surface area contributed by atoms with Crippen molar-refractivity contribution in [2.45, 2.75) is 51.6 Å². The van der Waals surface area contributed by atoms with Gasteiger partial charge in [0.15, 0.2) is 11.5 Å². The van der Waals surface area contributed by atoms with Crippen LogP contribution in [0.2, 0.25) is 0 Å². The van der Waals surface area contributed by atoms with Crippen LogP contribution in [0.1, 0.15) is 52.3 Å². The van der Waals surface area contributed by atoms with Gasteiger partial charge in [-0.25, -0.2) is 0 Å². The Balaban J connectivity index is 1.67. The Bertz CT molecular complexity index is 752. The highest BCUT2D eigenvalue weighted by Gasteiger charge is 2.34. The maximum Gasteiger partial charge on any atom is 0.165 e. The number of nitrogens with zero attached hydrogens (tertiary/aromatic N) is 1. The maximum absolute atomic E-state index is 10.1. The maximum atomic E-state index is 10.1. The molecule has 3 heterocycles. The number of hydrogen-bond acceptors (Lipinski definition) is 4. The Kier molecular flexibility index (Phi) is 4.27. The molecule has 0 saturated carbocycles. The summed E-state index contributed by atoms with van der Waals surface area (Å²) in [6, 6.07) is 6.80. The van der Waals surface area contributed by atoms with E-state index < -0.39 is 0 Å². The third kappa shape index (κ3) is 2.62. The van der Waals surface area contributed by atoms with Gasteiger partial charge in [0, 0.05) is 34.4 Å². The highest BCUT2D eigenvalue weighted by atomic mass is 32.1. The first-order valence-corrected chi connectivity index (χ1v) is 9.76. The molecule has 1 unspecified atom stereocenters. The first-order valence-electron chi connectivity index (χ1n) is 8.94. The second-order valence-corrected chi connectivity index (χ2v) is 8.11. The van der Waals surface area contributed by atoms with Gasteiger partial charge in [-0.05, 0) is 48.9 Å². The number of fused-ring (bicyclic) bond motifs is 4. The van der Waals surface area contributed by atoms with Gasteiger partial charge in [0.25, 0.3) is 0 Å². The molecule has 1 aromatic heterocycles. The quantitative estimate of drug-likeness (QED) is 0.889. The summed E-state index contributed by atoms with van der Waals surface area (Å²) < 4.78 is 5.47. The van der Waals surface area contributed by atoms with E-state index in [9.17, 15) is 5.11 Å². The summed E-state index contributed by atoms with van der Waals surface area (Å²) >= 11 is 2.03. The topological polar surface area (TPSA) is 32.7 Å². The van der Waals surface area contributed by atoms with Crippen molar-refractivity contribution in [1.29, 1.82) is 0 Å². The van der Waals surface area contributed by atoms with Crippen LogP contribution in [0.15, 0.2) is 18.2 Å². The summed E-state index contributed by atoms with van der Waals surface area (Å²) in [6.45, 7) is 4.23. The molecule has 0 radical (unpaired) electrons. The summed E-state index contributed by atoms with van der Waals surface area (Å²) in [4.78, 5) is 5.71. The molecule has 4 rings (SSSR count). The van der Waals surface area contributed by atoms with Crippen molar-refractivity contribution in [3.8, 4) is 11.5 Å². The molecule has 1 atom stereocenters. The molecule has 0 fully saturated rings. The molecule has 128 valence electrons. The Morgan fingerprint density at radius 1 is 1.38 bits per heavy atom. The minimum Gasteiger partial charge on any atom is -0.504 e. The summed E-state index contributed by atoms with van der Waals surface area (Å²) in [5, 5.41) is 10.1. The van der Waals surface area contributed by atoms with Crippen molar-refractivity contribution in [2.75, 3.05) is 13.7 Å². The summed E-state index contributed by atoms with van der Waals surface area (Å²) in [7, 11) is 1.65. The van der Waals surface area contributed by atoms with Crippen LogP contribution < -0.4 is 4.74 Å². The first-order chi connectivity index (χ1) is 11.7. The number of phenolic OH excluding ortho intramolecular Hbond substituents is 1. The van der Waals surface area contributed by atoms with Gasteiger partial charge >= 0.3 is 0 Å². The molecular formula is C20H25NO2S. The standard InChI is InChI=1S/C20H25NO2S/c1-3-4-5-14-11-15-17-10-13-6-7-18(22)20(23-2)16(13)12-21(17)9-8-19(15)24-14/h6-7,11,17,22H,3-5,8-10,12H2,1-2H3. The van der Waals surface area contributed by atoms with E-state index in [0.717, 1.165) is 25.9 Å². The monoisotopic (exact) mass is 343 g/mol. The number of hydrogen-bond donors (Lipinski definition) is 1. The number of methoxy groups -OCH3 is 1. The van der Waals surface area contributed by atoms with Crippen molar-refractivity contribution in [3.63, 3.8) is 0 Å². The Morgan fingerprint density at radius 3 is 3.04 bits per heavy atom. The van der Waals surface area contributed by atoms with Crippen LogP contribution in [-0.4, -0.2) is 23.7 Å². The van der Waals surface area contributed by atoms with Crippen molar-refractivity contribution in [3.05, 3.63) is 44.6 Å². The van der Waals surface area contributed by atoms with Gasteiger partial charge in [-0.1, -0.05) is 19.4 Å². The SMILES string of the molecule is CCCCc1cc2c(s1)CCN1Cc3c(ccc(O)c3OC)CC21. The first kappa shape index (κ1) is 16.0. The lowest BCUT2D eigenvalue weighted by Gasteiger charge is -2.40. The molecule has 2 aliphatic rings. The molecule has 0 aliphatic carbocycles. The van der Waals surface area contributed by atoms with Crippen LogP contribution in [0.25, 0.3) is 0 Å². The molecule has 1 N–H and O–H groups in total. The van der Waals surface area contributed by atoms with Gasteiger partial charge in [0.05, 0.1) is 7.11 Å². The number of rotatable bonds is 4. The number of unbranched alkanes of at least 4 members (excludes halogenated alkanes) is 1. The summed E-state index contributed by atoms with van der Waals surface area (Å²) in [5.41, 5.74) is 4.04. The van der Waals surface area contributed by atoms with Crippen LogP contribution in [0, 0.1) is 0 Å². The molecule has 1 aromatic carbocycles. The fraction of sp³-hybridized carbons (Fsp3) is 0.500. The Morgan fingerprint density at radius 2 is 2.25 bits per heavy atom. The van der Waals surface area contributed by atoms with Gasteiger partial charge in [-0.15, -0.1) is 11.3 Å². The molecule has 3 nitrogen and oxygen atoms in total. The van der Waals surface area contributed by atoms with Crippen molar-refractivity contribution in [1.82, 2.24) is 4.90 Å². The van der Waals surface area contributed by atoms with Crippen molar-refractivity contribution >= 4 is 11.3 Å². The van der Waals surface area contributed by atoms with E-state index in [1.807, 2.05) is 11.3 Å². The average Bonchev–Trinajstić information content (AvgIpc) is 3.02. The minimum atomic E-state index is 0.254. The van der Waals surface area contributed by atoms with E-state index >= 15 is 0 Å². The molecule has 0 saturated heterocycles. The molecule has 0 bridgehead atoms. The largest absolute Gasteiger partial charge is 0.504 e. The van der Waals surface area contributed by atoms with Gasteiger partial charge in [0.1, 0.15) is 0 Å². The van der Waals surface area contributed by atoms with Crippen LogP contribution in [0.3, 0.4) is 0 Å². The van der Waals surface area contributed by atoms with Gasteiger partial charge in [0.2, 0.25) is 0 Å². The van der Waals surface area contributed by atoms with Crippen LogP contribution >= 0.6 is 11.3 Å². The lowest BCUT2D eigenvalue weighted by atomic mass is 9.86. The number of benzene rings is 1. The van der Waals surface area contributed by atoms with Gasteiger partial charge in [-0.3, -0.25) is 4.90 Å². The normalized spacial score (nSPS) is 19.5. The van der Waals surface area contributed by atoms with E-state index in [2.05, 4.69) is 24.0 Å². The molecule has 0 amide bonds. The Labute approximate surface area is 147 Å².